The molecule has 1 aromatic heterocycles. The minimum Gasteiger partial charge on any atom is -0.453 e. The monoisotopic (exact) mass is 289 g/mol. The van der Waals surface area contributed by atoms with Crippen LogP contribution >= 0.6 is 15.9 Å². The number of aliphatic hydroxyl groups is 1. The van der Waals surface area contributed by atoms with Crippen LogP contribution in [0, 0.1) is 0 Å². The third kappa shape index (κ3) is 5.14. The Kier molecular flexibility index (Phi) is 6.76. The molecule has 1 heterocycles. The molecule has 0 saturated heterocycles. The molecule has 0 bridgehead atoms. The molecule has 16 heavy (non-hydrogen) atoms. The molecule has 1 atom stereocenters. The van der Waals surface area contributed by atoms with Crippen LogP contribution in [-0.4, -0.2) is 18.3 Å². The van der Waals surface area contributed by atoms with Gasteiger partial charge in [0.2, 0.25) is 0 Å². The number of rotatable bonds is 8. The maximum Gasteiger partial charge on any atom is 0.169 e. The van der Waals surface area contributed by atoms with Crippen LogP contribution in [0.5, 0.6) is 0 Å². The van der Waals surface area contributed by atoms with Gasteiger partial charge < -0.3 is 14.8 Å². The van der Waals surface area contributed by atoms with Crippen LogP contribution in [0.3, 0.4) is 0 Å². The average molecular weight is 290 g/mol. The van der Waals surface area contributed by atoms with E-state index in [1.54, 1.807) is 0 Å². The third-order valence-corrected chi connectivity index (χ3v) is 2.98. The summed E-state index contributed by atoms with van der Waals surface area (Å²) < 4.78 is 6.24. The molecule has 0 fully saturated rings. The van der Waals surface area contributed by atoms with Gasteiger partial charge in [-0.1, -0.05) is 12.8 Å². The molecule has 0 aromatic carbocycles. The molecule has 0 spiro atoms. The molecule has 1 unspecified atom stereocenters. The highest BCUT2D eigenvalue weighted by Crippen LogP contribution is 2.19. The molecule has 2 N–H and O–H groups in total. The third-order valence-electron chi connectivity index (χ3n) is 2.56. The van der Waals surface area contributed by atoms with Gasteiger partial charge in [0.25, 0.3) is 0 Å². The van der Waals surface area contributed by atoms with Gasteiger partial charge in [-0.15, -0.1) is 0 Å². The zero-order chi connectivity index (χ0) is 11.8. The molecule has 0 aliphatic rings. The zero-order valence-corrected chi connectivity index (χ0v) is 11.3. The van der Waals surface area contributed by atoms with Crippen LogP contribution in [-0.2, 0) is 0 Å². The molecule has 4 heteroatoms. The van der Waals surface area contributed by atoms with E-state index in [0.29, 0.717) is 6.61 Å². The fraction of sp³-hybridized carbons (Fsp3) is 0.667. The lowest BCUT2D eigenvalue weighted by atomic mass is 10.2. The minimum atomic E-state index is 0.254. The summed E-state index contributed by atoms with van der Waals surface area (Å²) in [5.74, 6) is 0.960. The van der Waals surface area contributed by atoms with Crippen LogP contribution < -0.4 is 5.32 Å². The highest BCUT2D eigenvalue weighted by molar-refractivity contribution is 9.10. The van der Waals surface area contributed by atoms with Crippen molar-refractivity contribution in [1.29, 1.82) is 0 Å². The van der Waals surface area contributed by atoms with Gasteiger partial charge >= 0.3 is 0 Å². The van der Waals surface area contributed by atoms with Crippen LogP contribution in [0.25, 0.3) is 0 Å². The lowest BCUT2D eigenvalue weighted by Gasteiger charge is -2.10. The van der Waals surface area contributed by atoms with E-state index in [-0.39, 0.29) is 6.04 Å². The Morgan fingerprint density at radius 1 is 1.31 bits per heavy atom. The van der Waals surface area contributed by atoms with Gasteiger partial charge in [0.15, 0.2) is 4.67 Å². The Balaban J connectivity index is 2.09. The number of hydrogen-bond acceptors (Lipinski definition) is 3. The van der Waals surface area contributed by atoms with E-state index >= 15 is 0 Å². The van der Waals surface area contributed by atoms with Gasteiger partial charge in [0, 0.05) is 6.61 Å². The number of halogens is 1. The summed E-state index contributed by atoms with van der Waals surface area (Å²) in [5.41, 5.74) is 0. The molecular weight excluding hydrogens is 270 g/mol. The van der Waals surface area contributed by atoms with E-state index in [0.717, 1.165) is 36.2 Å². The Labute approximate surface area is 105 Å². The van der Waals surface area contributed by atoms with Gasteiger partial charge in [0.05, 0.1) is 6.04 Å². The largest absolute Gasteiger partial charge is 0.453 e. The van der Waals surface area contributed by atoms with Crippen molar-refractivity contribution in [3.05, 3.63) is 22.6 Å². The number of nitrogens with one attached hydrogen (secondary N) is 1. The number of unbranched alkanes of at least 4 members (excludes halogenated alkanes) is 3. The number of hydrogen-bond donors (Lipinski definition) is 2. The van der Waals surface area contributed by atoms with Gasteiger partial charge in [-0.05, 0) is 54.4 Å². The van der Waals surface area contributed by atoms with Crippen molar-refractivity contribution >= 4 is 15.9 Å². The van der Waals surface area contributed by atoms with Crippen LogP contribution in [0.2, 0.25) is 0 Å². The maximum atomic E-state index is 8.63. The Bertz CT molecular complexity index is 288. The molecule has 0 aliphatic heterocycles. The van der Waals surface area contributed by atoms with E-state index < -0.39 is 0 Å². The summed E-state index contributed by atoms with van der Waals surface area (Å²) in [5, 5.41) is 12.0. The molecule has 1 rings (SSSR count). The van der Waals surface area contributed by atoms with Gasteiger partial charge in [0.1, 0.15) is 5.76 Å². The lowest BCUT2D eigenvalue weighted by Crippen LogP contribution is -2.19. The second-order valence-electron chi connectivity index (χ2n) is 3.96. The second-order valence-corrected chi connectivity index (χ2v) is 4.74. The fourth-order valence-corrected chi connectivity index (χ4v) is 1.89. The summed E-state index contributed by atoms with van der Waals surface area (Å²) in [6, 6.07) is 4.14. The summed E-state index contributed by atoms with van der Waals surface area (Å²) in [4.78, 5) is 0. The van der Waals surface area contributed by atoms with E-state index in [1.807, 2.05) is 12.1 Å². The van der Waals surface area contributed by atoms with Gasteiger partial charge in [-0.25, -0.2) is 0 Å². The standard InChI is InChI=1S/C12H20BrNO2/c1-10(11-6-7-12(13)16-11)14-8-4-2-3-5-9-15/h6-7,10,14-15H,2-5,8-9H2,1H3. The molecule has 1 aromatic rings. The van der Waals surface area contributed by atoms with Gasteiger partial charge in [-0.3, -0.25) is 0 Å². The Morgan fingerprint density at radius 3 is 2.69 bits per heavy atom. The van der Waals surface area contributed by atoms with Crippen LogP contribution in [0.1, 0.15) is 44.4 Å². The van der Waals surface area contributed by atoms with E-state index in [4.69, 9.17) is 9.52 Å². The predicted octanol–water partition coefficient (Wildman–Crippen LogP) is 3.25. The normalized spacial score (nSPS) is 12.9. The maximum absolute atomic E-state index is 8.63. The summed E-state index contributed by atoms with van der Waals surface area (Å²) in [7, 11) is 0. The topological polar surface area (TPSA) is 45.4 Å². The SMILES string of the molecule is CC(NCCCCCCO)c1ccc(Br)o1. The smallest absolute Gasteiger partial charge is 0.169 e. The Hall–Kier alpha value is -0.320. The van der Waals surface area contributed by atoms with Crippen molar-refractivity contribution in [2.75, 3.05) is 13.2 Å². The highest BCUT2D eigenvalue weighted by atomic mass is 79.9. The Morgan fingerprint density at radius 2 is 2.06 bits per heavy atom. The molecule has 92 valence electrons. The molecule has 0 aliphatic carbocycles. The summed E-state index contributed by atoms with van der Waals surface area (Å²) in [6.45, 7) is 3.40. The van der Waals surface area contributed by atoms with Crippen LogP contribution in [0.4, 0.5) is 0 Å². The van der Waals surface area contributed by atoms with E-state index in [1.165, 1.54) is 6.42 Å². The zero-order valence-electron chi connectivity index (χ0n) is 9.71. The molecule has 0 saturated carbocycles. The number of aliphatic hydroxyl groups excluding tert-OH is 1. The molecular formula is C12H20BrNO2. The molecule has 0 radical (unpaired) electrons. The van der Waals surface area contributed by atoms with Crippen molar-refractivity contribution in [2.45, 2.75) is 38.6 Å². The van der Waals surface area contributed by atoms with Crippen LogP contribution in [0.15, 0.2) is 21.2 Å². The lowest BCUT2D eigenvalue weighted by molar-refractivity contribution is 0.282. The quantitative estimate of drug-likeness (QED) is 0.722. The first-order valence-corrected chi connectivity index (χ1v) is 6.63. The first-order chi connectivity index (χ1) is 7.74. The van der Waals surface area contributed by atoms with Gasteiger partial charge in [-0.2, -0.15) is 0 Å². The minimum absolute atomic E-state index is 0.254. The average Bonchev–Trinajstić information content (AvgIpc) is 2.70. The van der Waals surface area contributed by atoms with Crippen molar-refractivity contribution in [1.82, 2.24) is 5.32 Å². The first-order valence-electron chi connectivity index (χ1n) is 5.83. The molecule has 3 nitrogen and oxygen atoms in total. The van der Waals surface area contributed by atoms with Crippen molar-refractivity contribution in [3.63, 3.8) is 0 Å². The molecule has 0 amide bonds. The number of furan rings is 1. The van der Waals surface area contributed by atoms with Crippen molar-refractivity contribution in [2.24, 2.45) is 0 Å². The summed E-state index contributed by atoms with van der Waals surface area (Å²) >= 11 is 3.29. The van der Waals surface area contributed by atoms with Crippen molar-refractivity contribution in [3.8, 4) is 0 Å². The van der Waals surface area contributed by atoms with Crippen molar-refractivity contribution < 1.29 is 9.52 Å². The first kappa shape index (κ1) is 13.7. The fourth-order valence-electron chi connectivity index (χ4n) is 1.57. The highest BCUT2D eigenvalue weighted by Gasteiger charge is 2.08. The predicted molar refractivity (Wildman–Crippen MR) is 68.4 cm³/mol. The van der Waals surface area contributed by atoms with E-state index in [9.17, 15) is 0 Å². The summed E-state index contributed by atoms with van der Waals surface area (Å²) in [6.07, 6.45) is 4.34. The second kappa shape index (κ2) is 7.87. The van der Waals surface area contributed by atoms with E-state index in [2.05, 4.69) is 28.2 Å².